The van der Waals surface area contributed by atoms with Gasteiger partial charge in [0.25, 0.3) is 0 Å². The molecule has 2 aromatic rings. The van der Waals surface area contributed by atoms with Crippen LogP contribution in [0.3, 0.4) is 0 Å². The Morgan fingerprint density at radius 3 is 2.43 bits per heavy atom. The fourth-order valence-electron chi connectivity index (χ4n) is 3.67. The highest BCUT2D eigenvalue weighted by molar-refractivity contribution is 6.05. The molecular formula is C23H27N3O4. The van der Waals surface area contributed by atoms with E-state index in [1.165, 1.54) is 13.0 Å². The molecule has 0 bridgehead atoms. The summed E-state index contributed by atoms with van der Waals surface area (Å²) in [6.07, 6.45) is 2.46. The van der Waals surface area contributed by atoms with E-state index >= 15 is 0 Å². The second-order valence-corrected chi connectivity index (χ2v) is 7.33. The van der Waals surface area contributed by atoms with Gasteiger partial charge in [0.15, 0.2) is 12.4 Å². The molecule has 0 aliphatic rings. The number of hydrogen-bond acceptors (Lipinski definition) is 5. The van der Waals surface area contributed by atoms with Crippen LogP contribution in [0.1, 0.15) is 69.3 Å². The molecule has 2 aromatic heterocycles. The Bertz CT molecular complexity index is 1080. The molecule has 2 rings (SSSR count). The number of rotatable bonds is 8. The molecule has 0 saturated heterocycles. The van der Waals surface area contributed by atoms with Gasteiger partial charge < -0.3 is 14.3 Å². The van der Waals surface area contributed by atoms with E-state index in [-0.39, 0.29) is 17.1 Å². The summed E-state index contributed by atoms with van der Waals surface area (Å²) >= 11 is 0. The largest absolute Gasteiger partial charge is 0.453 e. The smallest absolute Gasteiger partial charge is 0.349 e. The summed E-state index contributed by atoms with van der Waals surface area (Å²) in [5.74, 6) is -1.47. The van der Waals surface area contributed by atoms with E-state index in [0.717, 1.165) is 29.9 Å². The van der Waals surface area contributed by atoms with Gasteiger partial charge in [-0.1, -0.05) is 6.92 Å². The molecule has 0 unspecified atom stereocenters. The van der Waals surface area contributed by atoms with Crippen molar-refractivity contribution in [3.8, 4) is 6.07 Å². The minimum absolute atomic E-state index is 0.146. The number of nitriles is 1. The van der Waals surface area contributed by atoms with E-state index in [0.29, 0.717) is 16.8 Å². The Labute approximate surface area is 176 Å². The molecule has 7 heteroatoms. The van der Waals surface area contributed by atoms with Crippen LogP contribution in [0.2, 0.25) is 0 Å². The van der Waals surface area contributed by atoms with Crippen LogP contribution >= 0.6 is 0 Å². The standard InChI is InChI=1S/C23H27N3O4/c1-7-8-26-13(2)9-18(16(26)5)10-19(11-24)23(29)30-12-20(28)22-14(3)21(17(6)27)15(4)25-22/h9-10,25H,7-8,12H2,1-6H3/b19-10+. The molecule has 30 heavy (non-hydrogen) atoms. The minimum Gasteiger partial charge on any atom is -0.453 e. The lowest BCUT2D eigenvalue weighted by Gasteiger charge is -2.07. The Kier molecular flexibility index (Phi) is 7.17. The molecule has 0 atom stereocenters. The van der Waals surface area contributed by atoms with Crippen LogP contribution < -0.4 is 0 Å². The second kappa shape index (κ2) is 9.40. The lowest BCUT2D eigenvalue weighted by Crippen LogP contribution is -2.16. The van der Waals surface area contributed by atoms with Crippen LogP contribution in [-0.4, -0.2) is 33.7 Å². The summed E-state index contributed by atoms with van der Waals surface area (Å²) in [6.45, 7) is 11.1. The number of aromatic nitrogens is 2. The number of nitrogens with one attached hydrogen (secondary N) is 1. The first-order valence-electron chi connectivity index (χ1n) is 9.81. The number of esters is 1. The van der Waals surface area contributed by atoms with E-state index in [1.807, 2.05) is 26.0 Å². The van der Waals surface area contributed by atoms with Crippen molar-refractivity contribution in [2.45, 2.75) is 54.5 Å². The zero-order valence-electron chi connectivity index (χ0n) is 18.3. The molecule has 0 aliphatic carbocycles. The number of carbonyl (C=O) groups excluding carboxylic acids is 3. The zero-order chi connectivity index (χ0) is 22.6. The number of aromatic amines is 1. The number of hydrogen-bond donors (Lipinski definition) is 1. The predicted molar refractivity (Wildman–Crippen MR) is 113 cm³/mol. The van der Waals surface area contributed by atoms with Crippen LogP contribution in [0, 0.1) is 39.0 Å². The van der Waals surface area contributed by atoms with Crippen molar-refractivity contribution in [3.05, 3.63) is 51.1 Å². The van der Waals surface area contributed by atoms with Gasteiger partial charge in [0, 0.05) is 29.2 Å². The van der Waals surface area contributed by atoms with Crippen molar-refractivity contribution < 1.29 is 19.1 Å². The predicted octanol–water partition coefficient (Wildman–Crippen LogP) is 4.00. The molecule has 0 aliphatic heterocycles. The summed E-state index contributed by atoms with van der Waals surface area (Å²) in [6, 6.07) is 3.77. The third kappa shape index (κ3) is 4.60. The van der Waals surface area contributed by atoms with Gasteiger partial charge in [0.05, 0.1) is 5.69 Å². The van der Waals surface area contributed by atoms with Crippen molar-refractivity contribution >= 4 is 23.6 Å². The number of carbonyl (C=O) groups is 3. The van der Waals surface area contributed by atoms with Crippen LogP contribution in [0.5, 0.6) is 0 Å². The lowest BCUT2D eigenvalue weighted by atomic mass is 10.1. The molecule has 0 spiro atoms. The van der Waals surface area contributed by atoms with Gasteiger partial charge >= 0.3 is 5.97 Å². The quantitative estimate of drug-likeness (QED) is 0.307. The van der Waals surface area contributed by atoms with Crippen LogP contribution in [0.25, 0.3) is 6.08 Å². The number of ketones is 2. The number of H-pyrrole nitrogens is 1. The molecule has 0 amide bonds. The average Bonchev–Trinajstić information content (AvgIpc) is 3.13. The molecule has 1 N–H and O–H groups in total. The van der Waals surface area contributed by atoms with Gasteiger partial charge in [-0.05, 0) is 64.3 Å². The van der Waals surface area contributed by atoms with Crippen LogP contribution in [-0.2, 0) is 16.1 Å². The Morgan fingerprint density at radius 1 is 1.23 bits per heavy atom. The highest BCUT2D eigenvalue weighted by Crippen LogP contribution is 2.20. The Balaban J connectivity index is 2.17. The van der Waals surface area contributed by atoms with Gasteiger partial charge in [0.1, 0.15) is 11.6 Å². The van der Waals surface area contributed by atoms with E-state index < -0.39 is 18.4 Å². The first-order chi connectivity index (χ1) is 14.1. The summed E-state index contributed by atoms with van der Waals surface area (Å²) < 4.78 is 7.21. The zero-order valence-corrected chi connectivity index (χ0v) is 18.3. The molecule has 0 fully saturated rings. The Hall–Kier alpha value is -3.40. The first-order valence-corrected chi connectivity index (χ1v) is 9.81. The number of Topliss-reactive ketones (excluding diaryl/α,β-unsaturated/α-hetero) is 2. The molecule has 0 saturated carbocycles. The molecule has 0 aromatic carbocycles. The topological polar surface area (TPSA) is 105 Å². The maximum absolute atomic E-state index is 12.5. The number of aryl methyl sites for hydroxylation is 2. The van der Waals surface area contributed by atoms with Gasteiger partial charge in [-0.2, -0.15) is 5.26 Å². The van der Waals surface area contributed by atoms with Crippen LogP contribution in [0.15, 0.2) is 11.6 Å². The third-order valence-electron chi connectivity index (χ3n) is 5.10. The lowest BCUT2D eigenvalue weighted by molar-refractivity contribution is -0.137. The maximum atomic E-state index is 12.5. The molecule has 7 nitrogen and oxygen atoms in total. The summed E-state index contributed by atoms with van der Waals surface area (Å²) in [5, 5.41) is 9.40. The van der Waals surface area contributed by atoms with E-state index in [1.54, 1.807) is 13.8 Å². The van der Waals surface area contributed by atoms with Crippen LogP contribution in [0.4, 0.5) is 0 Å². The Morgan fingerprint density at radius 2 is 1.90 bits per heavy atom. The van der Waals surface area contributed by atoms with E-state index in [9.17, 15) is 19.6 Å². The fourth-order valence-corrected chi connectivity index (χ4v) is 3.67. The third-order valence-corrected chi connectivity index (χ3v) is 5.10. The first kappa shape index (κ1) is 22.9. The van der Waals surface area contributed by atoms with Crippen molar-refractivity contribution in [3.63, 3.8) is 0 Å². The molecule has 0 radical (unpaired) electrons. The van der Waals surface area contributed by atoms with E-state index in [4.69, 9.17) is 4.74 Å². The SMILES string of the molecule is CCCn1c(C)cc(/C=C(\C#N)C(=O)OCC(=O)c2[nH]c(C)c(C(C)=O)c2C)c1C. The fraction of sp³-hybridized carbons (Fsp3) is 0.391. The van der Waals surface area contributed by atoms with Gasteiger partial charge in [-0.15, -0.1) is 0 Å². The summed E-state index contributed by atoms with van der Waals surface area (Å²) in [5.41, 5.74) is 4.41. The van der Waals surface area contributed by atoms with E-state index in [2.05, 4.69) is 16.5 Å². The van der Waals surface area contributed by atoms with Gasteiger partial charge in [-0.3, -0.25) is 9.59 Å². The minimum atomic E-state index is -0.862. The molecular weight excluding hydrogens is 382 g/mol. The monoisotopic (exact) mass is 409 g/mol. The maximum Gasteiger partial charge on any atom is 0.349 e. The highest BCUT2D eigenvalue weighted by atomic mass is 16.5. The highest BCUT2D eigenvalue weighted by Gasteiger charge is 2.22. The van der Waals surface area contributed by atoms with Crippen molar-refractivity contribution in [1.82, 2.24) is 9.55 Å². The number of nitrogens with zero attached hydrogens (tertiary/aromatic N) is 2. The normalized spacial score (nSPS) is 11.3. The second-order valence-electron chi connectivity index (χ2n) is 7.33. The number of ether oxygens (including phenoxy) is 1. The van der Waals surface area contributed by atoms with Gasteiger partial charge in [-0.25, -0.2) is 4.79 Å². The molecule has 2 heterocycles. The summed E-state index contributed by atoms with van der Waals surface area (Å²) in [7, 11) is 0. The van der Waals surface area contributed by atoms with Gasteiger partial charge in [0.2, 0.25) is 5.78 Å². The van der Waals surface area contributed by atoms with Crippen molar-refractivity contribution in [2.24, 2.45) is 0 Å². The molecule has 158 valence electrons. The summed E-state index contributed by atoms with van der Waals surface area (Å²) in [4.78, 5) is 39.5. The van der Waals surface area contributed by atoms with Crippen molar-refractivity contribution in [1.29, 1.82) is 5.26 Å². The van der Waals surface area contributed by atoms with Crippen molar-refractivity contribution in [2.75, 3.05) is 6.61 Å². The average molecular weight is 409 g/mol.